The Morgan fingerprint density at radius 3 is 2.78 bits per heavy atom. The second-order valence-electron chi connectivity index (χ2n) is 5.70. The summed E-state index contributed by atoms with van der Waals surface area (Å²) < 4.78 is 0. The number of aromatic nitrogens is 1. The molecule has 1 aliphatic rings. The number of pyridine rings is 1. The number of aryl methyl sites for hydroxylation is 1. The second kappa shape index (κ2) is 5.67. The van der Waals surface area contributed by atoms with Crippen LogP contribution in [0.15, 0.2) is 54.6 Å². The van der Waals surface area contributed by atoms with Crippen molar-refractivity contribution < 1.29 is 4.79 Å². The van der Waals surface area contributed by atoms with Crippen molar-refractivity contribution in [2.75, 3.05) is 11.4 Å². The molecule has 4 heteroatoms. The number of para-hydroxylation sites is 2. The van der Waals surface area contributed by atoms with Gasteiger partial charge in [0.15, 0.2) is 0 Å². The molecule has 3 aromatic rings. The lowest BCUT2D eigenvalue weighted by Gasteiger charge is -2.29. The van der Waals surface area contributed by atoms with Crippen molar-refractivity contribution in [2.24, 2.45) is 0 Å². The Labute approximate surface area is 139 Å². The van der Waals surface area contributed by atoms with E-state index in [1.54, 1.807) is 6.07 Å². The number of halogens is 1. The lowest BCUT2D eigenvalue weighted by Crippen LogP contribution is -2.35. The number of amides is 1. The van der Waals surface area contributed by atoms with Gasteiger partial charge in [0.2, 0.25) is 0 Å². The fourth-order valence-electron chi connectivity index (χ4n) is 3.21. The summed E-state index contributed by atoms with van der Waals surface area (Å²) in [5.74, 6) is -0.0161. The Balaban J connectivity index is 1.85. The fraction of sp³-hybridized carbons (Fsp3) is 0.158. The molecule has 0 N–H and O–H groups in total. The summed E-state index contributed by atoms with van der Waals surface area (Å²) in [4.78, 5) is 19.3. The van der Waals surface area contributed by atoms with Crippen LogP contribution >= 0.6 is 11.6 Å². The van der Waals surface area contributed by atoms with Crippen LogP contribution in [0.25, 0.3) is 10.9 Å². The van der Waals surface area contributed by atoms with Gasteiger partial charge in [0.1, 0.15) is 5.15 Å². The molecule has 0 spiro atoms. The van der Waals surface area contributed by atoms with Crippen LogP contribution in [-0.4, -0.2) is 17.4 Å². The molecule has 0 saturated heterocycles. The third-order valence-corrected chi connectivity index (χ3v) is 4.46. The van der Waals surface area contributed by atoms with E-state index in [-0.39, 0.29) is 5.91 Å². The van der Waals surface area contributed by atoms with Crippen LogP contribution in [-0.2, 0) is 6.42 Å². The lowest BCUT2D eigenvalue weighted by molar-refractivity contribution is 0.0986. The molecule has 3 nitrogen and oxygen atoms in total. The molecule has 0 atom stereocenters. The number of carbonyl (C=O) groups excluding carboxylic acids is 1. The molecule has 1 aliphatic heterocycles. The SMILES string of the molecule is O=C(c1cc(Cl)nc2ccccc12)N1CCCc2ccccc21. The van der Waals surface area contributed by atoms with Gasteiger partial charge in [-0.1, -0.05) is 48.0 Å². The molecule has 4 rings (SSSR count). The second-order valence-corrected chi connectivity index (χ2v) is 6.09. The molecule has 1 amide bonds. The summed E-state index contributed by atoms with van der Waals surface area (Å²) in [7, 11) is 0. The third kappa shape index (κ3) is 2.47. The zero-order chi connectivity index (χ0) is 15.8. The van der Waals surface area contributed by atoms with E-state index in [1.165, 1.54) is 5.56 Å². The zero-order valence-electron chi connectivity index (χ0n) is 12.5. The van der Waals surface area contributed by atoms with Crippen LogP contribution in [0.2, 0.25) is 5.15 Å². The van der Waals surface area contributed by atoms with Crippen molar-refractivity contribution in [1.29, 1.82) is 0 Å². The normalized spacial score (nSPS) is 13.9. The predicted molar refractivity (Wildman–Crippen MR) is 93.2 cm³/mol. The van der Waals surface area contributed by atoms with Crippen LogP contribution < -0.4 is 4.90 Å². The number of hydrogen-bond acceptors (Lipinski definition) is 2. The average Bonchev–Trinajstić information content (AvgIpc) is 2.60. The zero-order valence-corrected chi connectivity index (χ0v) is 13.3. The highest BCUT2D eigenvalue weighted by Crippen LogP contribution is 2.30. The minimum atomic E-state index is -0.0161. The van der Waals surface area contributed by atoms with Crippen molar-refractivity contribution in [3.63, 3.8) is 0 Å². The fourth-order valence-corrected chi connectivity index (χ4v) is 3.41. The summed E-state index contributed by atoms with van der Waals surface area (Å²) in [6.45, 7) is 0.726. The molecule has 0 radical (unpaired) electrons. The molecule has 0 saturated carbocycles. The number of anilines is 1. The van der Waals surface area contributed by atoms with Crippen molar-refractivity contribution in [3.8, 4) is 0 Å². The molecule has 23 heavy (non-hydrogen) atoms. The number of fused-ring (bicyclic) bond motifs is 2. The quantitative estimate of drug-likeness (QED) is 0.619. The van der Waals surface area contributed by atoms with Crippen LogP contribution in [0.3, 0.4) is 0 Å². The summed E-state index contributed by atoms with van der Waals surface area (Å²) in [5.41, 5.74) is 3.57. The third-order valence-electron chi connectivity index (χ3n) is 4.27. The van der Waals surface area contributed by atoms with Gasteiger partial charge in [-0.15, -0.1) is 0 Å². The Bertz CT molecular complexity index is 907. The first-order valence-electron chi connectivity index (χ1n) is 7.69. The van der Waals surface area contributed by atoms with Gasteiger partial charge < -0.3 is 4.90 Å². The molecular weight excluding hydrogens is 308 g/mol. The maximum Gasteiger partial charge on any atom is 0.259 e. The smallest absolute Gasteiger partial charge is 0.259 e. The Morgan fingerprint density at radius 1 is 1.09 bits per heavy atom. The van der Waals surface area contributed by atoms with Gasteiger partial charge in [0, 0.05) is 17.6 Å². The number of hydrogen-bond donors (Lipinski definition) is 0. The lowest BCUT2D eigenvalue weighted by atomic mass is 10.00. The standard InChI is InChI=1S/C19H15ClN2O/c20-18-12-15(14-8-2-3-9-16(14)21-18)19(23)22-11-5-7-13-6-1-4-10-17(13)22/h1-4,6,8-10,12H,5,7,11H2. The van der Waals surface area contributed by atoms with E-state index < -0.39 is 0 Å². The number of benzene rings is 2. The highest BCUT2D eigenvalue weighted by molar-refractivity contribution is 6.30. The summed E-state index contributed by atoms with van der Waals surface area (Å²) in [5, 5.41) is 1.18. The van der Waals surface area contributed by atoms with Gasteiger partial charge in [0.25, 0.3) is 5.91 Å². The first-order chi connectivity index (χ1) is 11.2. The number of rotatable bonds is 1. The number of nitrogens with zero attached hydrogens (tertiary/aromatic N) is 2. The summed E-state index contributed by atoms with van der Waals surface area (Å²) in [6, 6.07) is 17.4. The van der Waals surface area contributed by atoms with Gasteiger partial charge in [-0.05, 0) is 36.6 Å². The van der Waals surface area contributed by atoms with E-state index >= 15 is 0 Å². The summed E-state index contributed by atoms with van der Waals surface area (Å²) >= 11 is 6.13. The first-order valence-corrected chi connectivity index (χ1v) is 8.07. The van der Waals surface area contributed by atoms with Gasteiger partial charge in [0.05, 0.1) is 11.1 Å². The first kappa shape index (κ1) is 14.2. The Morgan fingerprint density at radius 2 is 1.87 bits per heavy atom. The molecule has 0 bridgehead atoms. The predicted octanol–water partition coefficient (Wildman–Crippen LogP) is 4.48. The van der Waals surface area contributed by atoms with Gasteiger partial charge in [-0.3, -0.25) is 4.79 Å². The molecule has 1 aromatic heterocycles. The molecular formula is C19H15ClN2O. The Hall–Kier alpha value is -2.39. The minimum Gasteiger partial charge on any atom is -0.308 e. The number of carbonyl (C=O) groups is 1. The van der Waals surface area contributed by atoms with E-state index in [1.807, 2.05) is 47.4 Å². The molecule has 0 fully saturated rings. The van der Waals surface area contributed by atoms with Crippen molar-refractivity contribution in [3.05, 3.63) is 70.9 Å². The van der Waals surface area contributed by atoms with Crippen molar-refractivity contribution in [2.45, 2.75) is 12.8 Å². The summed E-state index contributed by atoms with van der Waals surface area (Å²) in [6.07, 6.45) is 1.98. The van der Waals surface area contributed by atoms with Gasteiger partial charge >= 0.3 is 0 Å². The Kier molecular flexibility index (Phi) is 3.50. The molecule has 0 unspecified atom stereocenters. The van der Waals surface area contributed by atoms with Crippen molar-refractivity contribution in [1.82, 2.24) is 4.98 Å². The van der Waals surface area contributed by atoms with Gasteiger partial charge in [-0.2, -0.15) is 0 Å². The molecule has 114 valence electrons. The van der Waals surface area contributed by atoms with E-state index in [0.29, 0.717) is 10.7 Å². The monoisotopic (exact) mass is 322 g/mol. The maximum absolute atomic E-state index is 13.2. The van der Waals surface area contributed by atoms with E-state index in [4.69, 9.17) is 11.6 Å². The van der Waals surface area contributed by atoms with E-state index in [0.717, 1.165) is 36.0 Å². The van der Waals surface area contributed by atoms with Crippen LogP contribution in [0.4, 0.5) is 5.69 Å². The highest BCUT2D eigenvalue weighted by Gasteiger charge is 2.25. The largest absolute Gasteiger partial charge is 0.308 e. The maximum atomic E-state index is 13.2. The average molecular weight is 323 g/mol. The van der Waals surface area contributed by atoms with E-state index in [9.17, 15) is 4.79 Å². The van der Waals surface area contributed by atoms with Crippen LogP contribution in [0.1, 0.15) is 22.3 Å². The van der Waals surface area contributed by atoms with Crippen LogP contribution in [0, 0.1) is 0 Å². The highest BCUT2D eigenvalue weighted by atomic mass is 35.5. The van der Waals surface area contributed by atoms with Crippen LogP contribution in [0.5, 0.6) is 0 Å². The molecule has 2 heterocycles. The minimum absolute atomic E-state index is 0.0161. The molecule has 2 aromatic carbocycles. The van der Waals surface area contributed by atoms with Crippen molar-refractivity contribution >= 4 is 34.1 Å². The van der Waals surface area contributed by atoms with Gasteiger partial charge in [-0.25, -0.2) is 4.98 Å². The molecule has 0 aliphatic carbocycles. The topological polar surface area (TPSA) is 33.2 Å². The van der Waals surface area contributed by atoms with E-state index in [2.05, 4.69) is 11.1 Å².